The molecule has 0 aromatic carbocycles. The van der Waals surface area contributed by atoms with E-state index < -0.39 is 15.4 Å². The Balaban J connectivity index is 0. The van der Waals surface area contributed by atoms with E-state index in [-0.39, 0.29) is 35.7 Å². The van der Waals surface area contributed by atoms with E-state index in [1.54, 1.807) is 0 Å². The van der Waals surface area contributed by atoms with Gasteiger partial charge in [0.15, 0.2) is 0 Å². The second-order valence-electron chi connectivity index (χ2n) is 7.11. The zero-order valence-corrected chi connectivity index (χ0v) is 19.7. The topological polar surface area (TPSA) is 77.4 Å². The van der Waals surface area contributed by atoms with Gasteiger partial charge in [-0.05, 0) is 32.1 Å². The van der Waals surface area contributed by atoms with Crippen molar-refractivity contribution in [1.29, 1.82) is 0 Å². The number of hydrogen-bond donors (Lipinski definition) is 1. The maximum atomic E-state index is 11.4. The standard InChI is InChI=1S/C19H40O4S.Na/c1-3-5-7-8-9-10-11-12-16-19(24(21,22)23)17-13-15-18(20)14-6-4-2;/h18-20H,3-17H2,1-2H3,(H,21,22,23);/q;+1/p-1. The van der Waals surface area contributed by atoms with Gasteiger partial charge >= 0.3 is 29.6 Å². The first-order valence-corrected chi connectivity index (χ1v) is 11.5. The molecular formula is C19H39NaO4S. The first-order chi connectivity index (χ1) is 11.4. The first-order valence-electron chi connectivity index (χ1n) is 10.0. The molecule has 0 saturated heterocycles. The van der Waals surface area contributed by atoms with E-state index in [4.69, 9.17) is 0 Å². The van der Waals surface area contributed by atoms with Gasteiger partial charge in [0, 0.05) is 5.25 Å². The monoisotopic (exact) mass is 386 g/mol. The smallest absolute Gasteiger partial charge is 0.748 e. The van der Waals surface area contributed by atoms with E-state index in [0.29, 0.717) is 25.7 Å². The Hall–Kier alpha value is 0.870. The summed E-state index contributed by atoms with van der Waals surface area (Å²) in [5.41, 5.74) is 0. The molecule has 0 saturated carbocycles. The average Bonchev–Trinajstić information content (AvgIpc) is 2.52. The molecule has 0 fully saturated rings. The molecule has 0 aromatic rings. The maximum Gasteiger partial charge on any atom is 1.00 e. The first kappa shape index (κ1) is 28.1. The van der Waals surface area contributed by atoms with Gasteiger partial charge in [0.05, 0.1) is 16.2 Å². The minimum absolute atomic E-state index is 0. The van der Waals surface area contributed by atoms with Crippen molar-refractivity contribution in [1.82, 2.24) is 0 Å². The summed E-state index contributed by atoms with van der Waals surface area (Å²) in [7, 11) is -4.22. The van der Waals surface area contributed by atoms with Crippen molar-refractivity contribution in [2.75, 3.05) is 0 Å². The van der Waals surface area contributed by atoms with Gasteiger partial charge in [0.1, 0.15) is 0 Å². The van der Waals surface area contributed by atoms with Crippen molar-refractivity contribution in [3.8, 4) is 0 Å². The van der Waals surface area contributed by atoms with Crippen LogP contribution < -0.4 is 29.6 Å². The number of unbranched alkanes of at least 4 members (excludes halogenated alkanes) is 8. The summed E-state index contributed by atoms with van der Waals surface area (Å²) in [6.45, 7) is 4.28. The van der Waals surface area contributed by atoms with E-state index in [0.717, 1.165) is 38.5 Å². The quantitative estimate of drug-likeness (QED) is 0.236. The van der Waals surface area contributed by atoms with E-state index in [2.05, 4.69) is 13.8 Å². The Morgan fingerprint density at radius 1 is 0.720 bits per heavy atom. The van der Waals surface area contributed by atoms with Gasteiger partial charge in [0.25, 0.3) is 0 Å². The summed E-state index contributed by atoms with van der Waals surface area (Å²) in [6, 6.07) is 0. The maximum absolute atomic E-state index is 11.4. The molecule has 0 aliphatic heterocycles. The van der Waals surface area contributed by atoms with Crippen LogP contribution in [0.5, 0.6) is 0 Å². The van der Waals surface area contributed by atoms with Crippen molar-refractivity contribution in [3.05, 3.63) is 0 Å². The molecule has 0 rings (SSSR count). The minimum atomic E-state index is -4.22. The van der Waals surface area contributed by atoms with Gasteiger partial charge < -0.3 is 9.66 Å². The molecule has 0 aliphatic carbocycles. The second-order valence-corrected chi connectivity index (χ2v) is 8.76. The molecule has 0 aliphatic rings. The molecule has 25 heavy (non-hydrogen) atoms. The Morgan fingerprint density at radius 2 is 1.16 bits per heavy atom. The van der Waals surface area contributed by atoms with E-state index in [1.807, 2.05) is 0 Å². The number of rotatable bonds is 17. The van der Waals surface area contributed by atoms with Crippen molar-refractivity contribution in [2.24, 2.45) is 0 Å². The van der Waals surface area contributed by atoms with Gasteiger partial charge in [-0.3, -0.25) is 0 Å². The van der Waals surface area contributed by atoms with Crippen LogP contribution in [0, 0.1) is 0 Å². The van der Waals surface area contributed by atoms with Crippen LogP contribution in [0.15, 0.2) is 0 Å². The number of aliphatic hydroxyl groups excluding tert-OH is 1. The summed E-state index contributed by atoms with van der Waals surface area (Å²) in [5, 5.41) is 9.04. The van der Waals surface area contributed by atoms with Crippen LogP contribution in [0.1, 0.15) is 110 Å². The predicted octanol–water partition coefficient (Wildman–Crippen LogP) is 2.16. The summed E-state index contributed by atoms with van der Waals surface area (Å²) < 4.78 is 34.2. The van der Waals surface area contributed by atoms with Gasteiger partial charge in [0.2, 0.25) is 0 Å². The van der Waals surface area contributed by atoms with Crippen molar-refractivity contribution in [3.63, 3.8) is 0 Å². The molecule has 2 unspecified atom stereocenters. The van der Waals surface area contributed by atoms with Gasteiger partial charge in [-0.15, -0.1) is 0 Å². The average molecular weight is 387 g/mol. The molecule has 0 amide bonds. The van der Waals surface area contributed by atoms with Crippen LogP contribution in [0.2, 0.25) is 0 Å². The van der Waals surface area contributed by atoms with E-state index in [9.17, 15) is 18.1 Å². The summed E-state index contributed by atoms with van der Waals surface area (Å²) in [5.74, 6) is 0. The second kappa shape index (κ2) is 18.2. The normalized spacial score (nSPS) is 14.1. The van der Waals surface area contributed by atoms with Crippen molar-refractivity contribution >= 4 is 10.1 Å². The number of hydrogen-bond acceptors (Lipinski definition) is 4. The molecule has 146 valence electrons. The summed E-state index contributed by atoms with van der Waals surface area (Å²) in [4.78, 5) is 0. The zero-order chi connectivity index (χ0) is 18.3. The Labute approximate surface area is 178 Å². The van der Waals surface area contributed by atoms with Gasteiger partial charge in [-0.1, -0.05) is 78.1 Å². The van der Waals surface area contributed by atoms with Crippen LogP contribution >= 0.6 is 0 Å². The van der Waals surface area contributed by atoms with Crippen LogP contribution in [-0.4, -0.2) is 29.4 Å². The number of aliphatic hydroxyl groups is 1. The molecular weight excluding hydrogens is 347 g/mol. The molecule has 2 atom stereocenters. The Bertz CT molecular complexity index is 374. The van der Waals surface area contributed by atoms with E-state index >= 15 is 0 Å². The fourth-order valence-corrected chi connectivity index (χ4v) is 4.01. The van der Waals surface area contributed by atoms with Gasteiger partial charge in [-0.25, -0.2) is 8.42 Å². The minimum Gasteiger partial charge on any atom is -0.748 e. The third-order valence-corrected chi connectivity index (χ3v) is 6.03. The largest absolute Gasteiger partial charge is 1.00 e. The van der Waals surface area contributed by atoms with Gasteiger partial charge in [-0.2, -0.15) is 0 Å². The van der Waals surface area contributed by atoms with Crippen molar-refractivity contribution < 1.29 is 47.6 Å². The molecule has 4 nitrogen and oxygen atoms in total. The SMILES string of the molecule is CCCCCCCCCCC(CCCC(O)CCCC)S(=O)(=O)[O-].[Na+]. The fourth-order valence-electron chi connectivity index (χ4n) is 3.10. The predicted molar refractivity (Wildman–Crippen MR) is 100 cm³/mol. The van der Waals surface area contributed by atoms with Crippen LogP contribution in [0.25, 0.3) is 0 Å². The summed E-state index contributed by atoms with van der Waals surface area (Å²) in [6.07, 6.45) is 13.8. The molecule has 0 aromatic heterocycles. The Morgan fingerprint density at radius 3 is 1.68 bits per heavy atom. The molecule has 0 radical (unpaired) electrons. The van der Waals surface area contributed by atoms with Crippen LogP contribution in [0.3, 0.4) is 0 Å². The van der Waals surface area contributed by atoms with Crippen LogP contribution in [-0.2, 0) is 10.1 Å². The fraction of sp³-hybridized carbons (Fsp3) is 1.00. The van der Waals surface area contributed by atoms with E-state index in [1.165, 1.54) is 32.1 Å². The zero-order valence-electron chi connectivity index (χ0n) is 16.8. The molecule has 0 heterocycles. The third kappa shape index (κ3) is 18.0. The molecule has 0 spiro atoms. The summed E-state index contributed by atoms with van der Waals surface area (Å²) >= 11 is 0. The Kier molecular flexibility index (Phi) is 20.5. The molecule has 0 bridgehead atoms. The third-order valence-electron chi connectivity index (χ3n) is 4.74. The molecule has 6 heteroatoms. The van der Waals surface area contributed by atoms with Crippen LogP contribution in [0.4, 0.5) is 0 Å². The van der Waals surface area contributed by atoms with Crippen molar-refractivity contribution in [2.45, 2.75) is 122 Å². The molecule has 1 N–H and O–H groups in total.